The highest BCUT2D eigenvalue weighted by Crippen LogP contribution is 2.37. The van der Waals surface area contributed by atoms with Gasteiger partial charge in [0, 0.05) is 11.4 Å². The molecule has 0 saturated heterocycles. The molecule has 3 nitrogen and oxygen atoms in total. The molecule has 102 valence electrons. The zero-order chi connectivity index (χ0) is 13.2. The van der Waals surface area contributed by atoms with Crippen molar-refractivity contribution in [3.05, 3.63) is 21.5 Å². The Hall–Kier alpha value is -0.780. The van der Waals surface area contributed by atoms with Gasteiger partial charge in [0.15, 0.2) is 5.01 Å². The molecule has 1 N–H and O–H groups in total. The zero-order valence-electron chi connectivity index (χ0n) is 11.4. The van der Waals surface area contributed by atoms with Crippen molar-refractivity contribution in [2.75, 3.05) is 6.54 Å². The van der Waals surface area contributed by atoms with Crippen LogP contribution in [0.1, 0.15) is 35.7 Å². The van der Waals surface area contributed by atoms with Crippen LogP contribution in [0.4, 0.5) is 0 Å². The van der Waals surface area contributed by atoms with Gasteiger partial charge in [-0.25, -0.2) is 0 Å². The molecule has 1 aliphatic rings. The highest BCUT2D eigenvalue weighted by molar-refractivity contribution is 7.21. The molecule has 2 heterocycles. The maximum Gasteiger partial charge on any atom is 0.157 e. The second kappa shape index (κ2) is 5.69. The number of rotatable bonds is 5. The molecule has 2 aromatic rings. The summed E-state index contributed by atoms with van der Waals surface area (Å²) < 4.78 is 0. The van der Waals surface area contributed by atoms with E-state index in [1.165, 1.54) is 29.7 Å². The maximum absolute atomic E-state index is 4.34. The monoisotopic (exact) mass is 293 g/mol. The van der Waals surface area contributed by atoms with Crippen LogP contribution < -0.4 is 5.32 Å². The van der Waals surface area contributed by atoms with E-state index < -0.39 is 0 Å². The Labute approximate surface area is 122 Å². The third-order valence-corrected chi connectivity index (χ3v) is 5.58. The number of nitrogens with one attached hydrogen (secondary N) is 1. The van der Waals surface area contributed by atoms with Crippen LogP contribution in [0.3, 0.4) is 0 Å². The molecule has 0 fully saturated rings. The first-order valence-corrected chi connectivity index (χ1v) is 8.50. The van der Waals surface area contributed by atoms with Gasteiger partial charge in [0.1, 0.15) is 5.01 Å². The van der Waals surface area contributed by atoms with E-state index in [2.05, 4.69) is 35.4 Å². The van der Waals surface area contributed by atoms with E-state index in [-0.39, 0.29) is 0 Å². The third kappa shape index (κ3) is 3.04. The number of nitrogens with zero attached hydrogens (tertiary/aromatic N) is 2. The minimum absolute atomic E-state index is 0.674. The summed E-state index contributed by atoms with van der Waals surface area (Å²) in [5, 5.41) is 14.2. The molecule has 3 rings (SSSR count). The molecule has 0 atom stereocenters. The molecule has 0 aliphatic heterocycles. The van der Waals surface area contributed by atoms with Crippen molar-refractivity contribution >= 4 is 22.7 Å². The first kappa shape index (κ1) is 13.2. The zero-order valence-corrected chi connectivity index (χ0v) is 13.0. The molecule has 0 aromatic carbocycles. The lowest BCUT2D eigenvalue weighted by Crippen LogP contribution is -2.18. The molecule has 19 heavy (non-hydrogen) atoms. The van der Waals surface area contributed by atoms with Gasteiger partial charge in [-0.05, 0) is 43.4 Å². The van der Waals surface area contributed by atoms with Crippen LogP contribution in [0.5, 0.6) is 0 Å². The minimum Gasteiger partial charge on any atom is -0.310 e. The van der Waals surface area contributed by atoms with Gasteiger partial charge in [-0.2, -0.15) is 0 Å². The van der Waals surface area contributed by atoms with Gasteiger partial charge in [0.05, 0.1) is 4.88 Å². The number of aromatic nitrogens is 2. The van der Waals surface area contributed by atoms with Crippen LogP contribution in [0.25, 0.3) is 9.88 Å². The highest BCUT2D eigenvalue weighted by atomic mass is 32.1. The lowest BCUT2D eigenvalue weighted by Gasteiger charge is -2.03. The summed E-state index contributed by atoms with van der Waals surface area (Å²) in [6.07, 6.45) is 3.82. The fourth-order valence-corrected chi connectivity index (χ4v) is 4.43. The SMILES string of the molecule is CC(C)CNCc1nnc(-c2cc3c(s2)CCC3)s1. The smallest absolute Gasteiger partial charge is 0.157 e. The van der Waals surface area contributed by atoms with E-state index in [0.29, 0.717) is 5.92 Å². The lowest BCUT2D eigenvalue weighted by atomic mass is 10.2. The van der Waals surface area contributed by atoms with Crippen LogP contribution in [0.2, 0.25) is 0 Å². The Morgan fingerprint density at radius 2 is 2.16 bits per heavy atom. The molecule has 2 aromatic heterocycles. The number of aryl methyl sites for hydroxylation is 2. The Bertz CT molecular complexity index is 535. The molecular weight excluding hydrogens is 274 g/mol. The lowest BCUT2D eigenvalue weighted by molar-refractivity contribution is 0.550. The van der Waals surface area contributed by atoms with Crippen molar-refractivity contribution in [2.24, 2.45) is 5.92 Å². The molecule has 0 bridgehead atoms. The summed E-state index contributed by atoms with van der Waals surface area (Å²) >= 11 is 3.62. The molecule has 0 spiro atoms. The fourth-order valence-electron chi connectivity index (χ4n) is 2.33. The molecule has 0 amide bonds. The first-order chi connectivity index (χ1) is 9.22. The van der Waals surface area contributed by atoms with Crippen LogP contribution in [0.15, 0.2) is 6.07 Å². The quantitative estimate of drug-likeness (QED) is 0.917. The molecule has 1 aliphatic carbocycles. The molecule has 0 unspecified atom stereocenters. The number of hydrogen-bond donors (Lipinski definition) is 1. The Morgan fingerprint density at radius 3 is 2.95 bits per heavy atom. The minimum atomic E-state index is 0.674. The number of thiophene rings is 1. The van der Waals surface area contributed by atoms with Crippen molar-refractivity contribution < 1.29 is 0 Å². The Morgan fingerprint density at radius 1 is 1.26 bits per heavy atom. The summed E-state index contributed by atoms with van der Waals surface area (Å²) in [6.45, 7) is 6.29. The van der Waals surface area contributed by atoms with E-state index in [1.54, 1.807) is 16.2 Å². The van der Waals surface area contributed by atoms with Crippen molar-refractivity contribution in [3.63, 3.8) is 0 Å². The topological polar surface area (TPSA) is 37.8 Å². The van der Waals surface area contributed by atoms with Gasteiger partial charge >= 0.3 is 0 Å². The van der Waals surface area contributed by atoms with Crippen molar-refractivity contribution in [1.82, 2.24) is 15.5 Å². The Kier molecular flexibility index (Phi) is 3.96. The second-order valence-corrected chi connectivity index (χ2v) is 7.64. The average Bonchev–Trinajstić information content (AvgIpc) is 3.01. The Balaban J connectivity index is 1.66. The predicted octanol–water partition coefficient (Wildman–Crippen LogP) is 3.50. The van der Waals surface area contributed by atoms with Crippen LogP contribution in [0, 0.1) is 5.92 Å². The van der Waals surface area contributed by atoms with Gasteiger partial charge in [0.2, 0.25) is 0 Å². The standard InChI is InChI=1S/C14H19N3S2/c1-9(2)7-15-8-13-16-17-14(19-13)12-6-10-4-3-5-11(10)18-12/h6,9,15H,3-5,7-8H2,1-2H3. The van der Waals surface area contributed by atoms with Crippen LogP contribution >= 0.6 is 22.7 Å². The van der Waals surface area contributed by atoms with Gasteiger partial charge in [-0.15, -0.1) is 21.5 Å². The predicted molar refractivity (Wildman–Crippen MR) is 81.8 cm³/mol. The third-order valence-electron chi connectivity index (χ3n) is 3.25. The maximum atomic E-state index is 4.34. The summed E-state index contributed by atoms with van der Waals surface area (Å²) in [5.74, 6) is 0.674. The van der Waals surface area contributed by atoms with Gasteiger partial charge < -0.3 is 5.32 Å². The van der Waals surface area contributed by atoms with E-state index in [9.17, 15) is 0 Å². The summed E-state index contributed by atoms with van der Waals surface area (Å²) in [7, 11) is 0. The summed E-state index contributed by atoms with van der Waals surface area (Å²) in [4.78, 5) is 2.86. The largest absolute Gasteiger partial charge is 0.310 e. The molecule has 0 saturated carbocycles. The van der Waals surface area contributed by atoms with Crippen molar-refractivity contribution in [1.29, 1.82) is 0 Å². The molecular formula is C14H19N3S2. The van der Waals surface area contributed by atoms with Gasteiger partial charge in [-0.1, -0.05) is 25.2 Å². The van der Waals surface area contributed by atoms with Gasteiger partial charge in [0.25, 0.3) is 0 Å². The molecule has 5 heteroatoms. The van der Waals surface area contributed by atoms with E-state index in [4.69, 9.17) is 0 Å². The first-order valence-electron chi connectivity index (χ1n) is 6.87. The van der Waals surface area contributed by atoms with E-state index in [1.807, 2.05) is 11.3 Å². The molecule has 0 radical (unpaired) electrons. The second-order valence-electron chi connectivity index (χ2n) is 5.44. The summed E-state index contributed by atoms with van der Waals surface area (Å²) in [5.41, 5.74) is 1.54. The van der Waals surface area contributed by atoms with Crippen LogP contribution in [-0.4, -0.2) is 16.7 Å². The number of hydrogen-bond acceptors (Lipinski definition) is 5. The highest BCUT2D eigenvalue weighted by Gasteiger charge is 2.17. The van der Waals surface area contributed by atoms with Crippen LogP contribution in [-0.2, 0) is 19.4 Å². The van der Waals surface area contributed by atoms with Crippen molar-refractivity contribution in [3.8, 4) is 9.88 Å². The van der Waals surface area contributed by atoms with Gasteiger partial charge in [-0.3, -0.25) is 0 Å². The normalized spacial score (nSPS) is 14.3. The van der Waals surface area contributed by atoms with Crippen molar-refractivity contribution in [2.45, 2.75) is 39.7 Å². The fraction of sp³-hybridized carbons (Fsp3) is 0.571. The van der Waals surface area contributed by atoms with E-state index >= 15 is 0 Å². The average molecular weight is 293 g/mol. The summed E-state index contributed by atoms with van der Waals surface area (Å²) in [6, 6.07) is 2.32. The van der Waals surface area contributed by atoms with E-state index in [0.717, 1.165) is 23.1 Å². The number of fused-ring (bicyclic) bond motifs is 1.